The Morgan fingerprint density at radius 3 is 2.47 bits per heavy atom. The SMILES string of the molecule is CCOC(=O)c1ccc(CC(C)NC(=O)C(OC(C)=O)c2cnc(N)c(Cl)c2)cc1. The van der Waals surface area contributed by atoms with Crippen molar-refractivity contribution in [2.24, 2.45) is 0 Å². The zero-order valence-corrected chi connectivity index (χ0v) is 17.7. The predicted octanol–water partition coefficient (Wildman–Crippen LogP) is 2.85. The lowest BCUT2D eigenvalue weighted by molar-refractivity contribution is -0.154. The molecule has 2 atom stereocenters. The van der Waals surface area contributed by atoms with E-state index < -0.39 is 18.0 Å². The van der Waals surface area contributed by atoms with Crippen molar-refractivity contribution in [1.29, 1.82) is 0 Å². The van der Waals surface area contributed by atoms with E-state index in [1.165, 1.54) is 19.2 Å². The van der Waals surface area contributed by atoms with Crippen molar-refractivity contribution in [2.75, 3.05) is 12.3 Å². The monoisotopic (exact) mass is 433 g/mol. The van der Waals surface area contributed by atoms with Crippen molar-refractivity contribution in [2.45, 2.75) is 39.3 Å². The summed E-state index contributed by atoms with van der Waals surface area (Å²) >= 11 is 5.97. The lowest BCUT2D eigenvalue weighted by Crippen LogP contribution is -2.39. The van der Waals surface area contributed by atoms with E-state index in [0.29, 0.717) is 24.2 Å². The van der Waals surface area contributed by atoms with Crippen LogP contribution >= 0.6 is 11.6 Å². The zero-order chi connectivity index (χ0) is 22.3. The minimum absolute atomic E-state index is 0.113. The van der Waals surface area contributed by atoms with Gasteiger partial charge in [-0.05, 0) is 44.0 Å². The molecule has 0 radical (unpaired) electrons. The lowest BCUT2D eigenvalue weighted by Gasteiger charge is -2.20. The number of esters is 2. The topological polar surface area (TPSA) is 121 Å². The van der Waals surface area contributed by atoms with Gasteiger partial charge in [-0.25, -0.2) is 9.78 Å². The molecule has 1 heterocycles. The maximum Gasteiger partial charge on any atom is 0.338 e. The first-order chi connectivity index (χ1) is 14.2. The number of aromatic nitrogens is 1. The fourth-order valence-corrected chi connectivity index (χ4v) is 2.93. The molecule has 9 heteroatoms. The number of nitrogens with zero attached hydrogens (tertiary/aromatic N) is 1. The number of ether oxygens (including phenoxy) is 2. The van der Waals surface area contributed by atoms with Gasteiger partial charge in [0.25, 0.3) is 5.91 Å². The third-order valence-corrected chi connectivity index (χ3v) is 4.41. The van der Waals surface area contributed by atoms with Crippen molar-refractivity contribution >= 4 is 35.3 Å². The molecule has 0 saturated carbocycles. The first-order valence-electron chi connectivity index (χ1n) is 9.35. The number of nitrogens with two attached hydrogens (primary N) is 1. The molecule has 1 amide bonds. The summed E-state index contributed by atoms with van der Waals surface area (Å²) in [6.07, 6.45) is 0.636. The highest BCUT2D eigenvalue weighted by Crippen LogP contribution is 2.24. The molecular weight excluding hydrogens is 410 g/mol. The number of pyridine rings is 1. The molecular formula is C21H24ClN3O5. The number of nitrogen functional groups attached to an aromatic ring is 1. The van der Waals surface area contributed by atoms with Crippen LogP contribution in [-0.2, 0) is 25.5 Å². The molecule has 8 nitrogen and oxygen atoms in total. The predicted molar refractivity (Wildman–Crippen MR) is 112 cm³/mol. The smallest absolute Gasteiger partial charge is 0.338 e. The molecule has 160 valence electrons. The fourth-order valence-electron chi connectivity index (χ4n) is 2.76. The Hall–Kier alpha value is -3.13. The van der Waals surface area contributed by atoms with Crippen molar-refractivity contribution in [1.82, 2.24) is 10.3 Å². The third-order valence-electron chi connectivity index (χ3n) is 4.11. The van der Waals surface area contributed by atoms with Gasteiger partial charge < -0.3 is 20.5 Å². The van der Waals surface area contributed by atoms with E-state index >= 15 is 0 Å². The molecule has 0 aliphatic rings. The number of carbonyl (C=O) groups excluding carboxylic acids is 3. The Morgan fingerprint density at radius 1 is 1.23 bits per heavy atom. The van der Waals surface area contributed by atoms with E-state index in [4.69, 9.17) is 26.8 Å². The van der Waals surface area contributed by atoms with Crippen LogP contribution in [0.1, 0.15) is 48.4 Å². The van der Waals surface area contributed by atoms with Gasteiger partial charge in [0, 0.05) is 24.7 Å². The molecule has 2 rings (SSSR count). The van der Waals surface area contributed by atoms with Crippen LogP contribution in [0, 0.1) is 0 Å². The summed E-state index contributed by atoms with van der Waals surface area (Å²) in [6, 6.07) is 8.10. The average molecular weight is 434 g/mol. The summed E-state index contributed by atoms with van der Waals surface area (Å²) < 4.78 is 10.1. The minimum Gasteiger partial charge on any atom is -0.462 e. The fraction of sp³-hybridized carbons (Fsp3) is 0.333. The maximum absolute atomic E-state index is 12.7. The van der Waals surface area contributed by atoms with Gasteiger partial charge in [0.05, 0.1) is 17.2 Å². The van der Waals surface area contributed by atoms with Gasteiger partial charge >= 0.3 is 11.9 Å². The quantitative estimate of drug-likeness (QED) is 0.614. The molecule has 0 bridgehead atoms. The summed E-state index contributed by atoms with van der Waals surface area (Å²) in [5.41, 5.74) is 7.28. The molecule has 2 unspecified atom stereocenters. The third kappa shape index (κ3) is 6.45. The van der Waals surface area contributed by atoms with E-state index in [2.05, 4.69) is 10.3 Å². The number of halogens is 1. The molecule has 0 saturated heterocycles. The summed E-state index contributed by atoms with van der Waals surface area (Å²) in [4.78, 5) is 39.8. The second kappa shape index (κ2) is 10.6. The average Bonchev–Trinajstić information content (AvgIpc) is 2.68. The van der Waals surface area contributed by atoms with Gasteiger partial charge in [0.1, 0.15) is 5.82 Å². The minimum atomic E-state index is -1.21. The molecule has 0 aliphatic carbocycles. The lowest BCUT2D eigenvalue weighted by atomic mass is 10.0. The number of benzene rings is 1. The zero-order valence-electron chi connectivity index (χ0n) is 17.0. The van der Waals surface area contributed by atoms with Crippen molar-refractivity contribution in [3.63, 3.8) is 0 Å². The molecule has 0 spiro atoms. The molecule has 0 fully saturated rings. The van der Waals surface area contributed by atoms with E-state index in [0.717, 1.165) is 5.56 Å². The highest BCUT2D eigenvalue weighted by molar-refractivity contribution is 6.32. The van der Waals surface area contributed by atoms with Gasteiger partial charge in [-0.3, -0.25) is 9.59 Å². The highest BCUT2D eigenvalue weighted by Gasteiger charge is 2.26. The Labute approximate surface area is 179 Å². The Bertz CT molecular complexity index is 917. The molecule has 1 aromatic heterocycles. The van der Waals surface area contributed by atoms with Crippen LogP contribution in [-0.4, -0.2) is 35.5 Å². The van der Waals surface area contributed by atoms with E-state index in [1.807, 2.05) is 6.92 Å². The summed E-state index contributed by atoms with van der Waals surface area (Å²) in [7, 11) is 0. The summed E-state index contributed by atoms with van der Waals surface area (Å²) in [5.74, 6) is -1.40. The van der Waals surface area contributed by atoms with Crippen LogP contribution in [0.3, 0.4) is 0 Å². The molecule has 0 aliphatic heterocycles. The number of nitrogens with one attached hydrogen (secondary N) is 1. The largest absolute Gasteiger partial charge is 0.462 e. The van der Waals surface area contributed by atoms with Gasteiger partial charge in [0.2, 0.25) is 6.10 Å². The van der Waals surface area contributed by atoms with Crippen LogP contribution in [0.25, 0.3) is 0 Å². The first-order valence-corrected chi connectivity index (χ1v) is 9.73. The number of amides is 1. The first kappa shape index (κ1) is 23.2. The normalized spacial score (nSPS) is 12.5. The number of carbonyl (C=O) groups is 3. The van der Waals surface area contributed by atoms with E-state index in [9.17, 15) is 14.4 Å². The number of hydrogen-bond donors (Lipinski definition) is 2. The van der Waals surface area contributed by atoms with Gasteiger partial charge in [-0.1, -0.05) is 23.7 Å². The molecule has 1 aromatic carbocycles. The van der Waals surface area contributed by atoms with Gasteiger partial charge in [-0.2, -0.15) is 0 Å². The standard InChI is InChI=1S/C21H24ClN3O5/c1-4-29-21(28)15-7-5-14(6-8-15)9-12(2)25-20(27)18(30-13(3)26)16-10-17(22)19(23)24-11-16/h5-8,10-12,18H,4,9H2,1-3H3,(H2,23,24)(H,25,27). The molecule has 3 N–H and O–H groups in total. The van der Waals surface area contributed by atoms with E-state index in [-0.39, 0.29) is 22.9 Å². The van der Waals surface area contributed by atoms with Crippen LogP contribution in [0.15, 0.2) is 36.5 Å². The Kier molecular flexibility index (Phi) is 8.17. The summed E-state index contributed by atoms with van der Waals surface area (Å²) in [5, 5.41) is 2.97. The number of rotatable bonds is 8. The highest BCUT2D eigenvalue weighted by atomic mass is 35.5. The molecule has 30 heavy (non-hydrogen) atoms. The van der Waals surface area contributed by atoms with Crippen LogP contribution in [0.2, 0.25) is 5.02 Å². The van der Waals surface area contributed by atoms with Crippen molar-refractivity contribution in [3.8, 4) is 0 Å². The Balaban J connectivity index is 2.06. The number of hydrogen-bond acceptors (Lipinski definition) is 7. The van der Waals surface area contributed by atoms with Crippen LogP contribution in [0.4, 0.5) is 5.82 Å². The van der Waals surface area contributed by atoms with Gasteiger partial charge in [-0.15, -0.1) is 0 Å². The second-order valence-corrected chi connectivity index (χ2v) is 7.06. The summed E-state index contributed by atoms with van der Waals surface area (Å²) in [6.45, 7) is 5.08. The Morgan fingerprint density at radius 2 is 1.90 bits per heavy atom. The van der Waals surface area contributed by atoms with Crippen LogP contribution in [0.5, 0.6) is 0 Å². The second-order valence-electron chi connectivity index (χ2n) is 6.66. The molecule has 2 aromatic rings. The van der Waals surface area contributed by atoms with Crippen molar-refractivity contribution in [3.05, 3.63) is 58.2 Å². The maximum atomic E-state index is 12.7. The van der Waals surface area contributed by atoms with Crippen molar-refractivity contribution < 1.29 is 23.9 Å². The van der Waals surface area contributed by atoms with Crippen LogP contribution < -0.4 is 11.1 Å². The number of anilines is 1. The van der Waals surface area contributed by atoms with E-state index in [1.54, 1.807) is 31.2 Å². The van der Waals surface area contributed by atoms with Gasteiger partial charge in [0.15, 0.2) is 0 Å².